The van der Waals surface area contributed by atoms with Gasteiger partial charge in [-0.3, -0.25) is 24.1 Å². The maximum absolute atomic E-state index is 12.9. The van der Waals surface area contributed by atoms with Crippen LogP contribution in [0.15, 0.2) is 59.7 Å². The molecule has 130 valence electrons. The van der Waals surface area contributed by atoms with Gasteiger partial charge < -0.3 is 4.74 Å². The monoisotopic (exact) mass is 346 g/mol. The van der Waals surface area contributed by atoms with Crippen molar-refractivity contribution in [3.63, 3.8) is 0 Å². The fourth-order valence-electron chi connectivity index (χ4n) is 3.19. The number of aromatic nitrogens is 4. The van der Waals surface area contributed by atoms with Crippen LogP contribution in [0.25, 0.3) is 33.4 Å². The smallest absolute Gasteiger partial charge is 0.274 e. The lowest BCUT2D eigenvalue weighted by molar-refractivity contribution is 0.415. The van der Waals surface area contributed by atoms with Crippen molar-refractivity contribution in [2.45, 2.75) is 0 Å². The van der Waals surface area contributed by atoms with Crippen molar-refractivity contribution >= 4 is 11.0 Å². The van der Waals surface area contributed by atoms with Crippen molar-refractivity contribution in [3.05, 3.63) is 65.2 Å². The summed E-state index contributed by atoms with van der Waals surface area (Å²) in [6.45, 7) is 0. The van der Waals surface area contributed by atoms with Gasteiger partial charge in [0.15, 0.2) is 0 Å². The van der Waals surface area contributed by atoms with Crippen LogP contribution in [0.3, 0.4) is 0 Å². The van der Waals surface area contributed by atoms with E-state index in [9.17, 15) is 4.79 Å². The lowest BCUT2D eigenvalue weighted by atomic mass is 10.0. The zero-order valence-corrected chi connectivity index (χ0v) is 14.8. The Morgan fingerprint density at radius 2 is 1.65 bits per heavy atom. The zero-order valence-electron chi connectivity index (χ0n) is 14.8. The van der Waals surface area contributed by atoms with E-state index in [0.29, 0.717) is 11.3 Å². The molecule has 0 amide bonds. The van der Waals surface area contributed by atoms with Crippen LogP contribution in [-0.2, 0) is 14.1 Å². The average Bonchev–Trinajstić information content (AvgIpc) is 2.91. The molecule has 4 rings (SSSR count). The summed E-state index contributed by atoms with van der Waals surface area (Å²) in [5.41, 5.74) is 4.75. The summed E-state index contributed by atoms with van der Waals surface area (Å²) in [5.74, 6) is 0.712. The molecule has 0 saturated heterocycles. The fourth-order valence-corrected chi connectivity index (χ4v) is 3.19. The molecule has 0 aliphatic rings. The van der Waals surface area contributed by atoms with Crippen molar-refractivity contribution in [3.8, 4) is 28.1 Å². The molecule has 4 aromatic rings. The summed E-state index contributed by atoms with van der Waals surface area (Å²) < 4.78 is 8.78. The van der Waals surface area contributed by atoms with Crippen LogP contribution in [0.1, 0.15) is 0 Å². The highest BCUT2D eigenvalue weighted by molar-refractivity contribution is 5.86. The molecule has 0 N–H and O–H groups in total. The van der Waals surface area contributed by atoms with Gasteiger partial charge in [0.2, 0.25) is 0 Å². The van der Waals surface area contributed by atoms with Crippen LogP contribution in [0.4, 0.5) is 0 Å². The van der Waals surface area contributed by atoms with Crippen molar-refractivity contribution in [1.82, 2.24) is 19.3 Å². The maximum atomic E-state index is 12.9. The number of fused-ring (bicyclic) bond motifs is 1. The van der Waals surface area contributed by atoms with Gasteiger partial charge in [-0.15, -0.1) is 0 Å². The number of ether oxygens (including phenoxy) is 1. The number of hydrogen-bond donors (Lipinski definition) is 0. The molecule has 0 aliphatic heterocycles. The third-order valence-electron chi connectivity index (χ3n) is 4.62. The van der Waals surface area contributed by atoms with Gasteiger partial charge in [-0.1, -0.05) is 18.2 Å². The Morgan fingerprint density at radius 3 is 2.42 bits per heavy atom. The van der Waals surface area contributed by atoms with E-state index in [4.69, 9.17) is 4.74 Å². The topological polar surface area (TPSA) is 61.9 Å². The lowest BCUT2D eigenvalue weighted by Crippen LogP contribution is -2.17. The molecule has 0 bridgehead atoms. The Bertz CT molecular complexity index is 1170. The first-order chi connectivity index (χ1) is 12.6. The van der Waals surface area contributed by atoms with Crippen LogP contribution in [0, 0.1) is 0 Å². The number of methoxy groups -OCH3 is 1. The van der Waals surface area contributed by atoms with Gasteiger partial charge in [-0.2, -0.15) is 0 Å². The van der Waals surface area contributed by atoms with Crippen molar-refractivity contribution in [2.24, 2.45) is 14.1 Å². The normalized spacial score (nSPS) is 11.0. The molecule has 2 heterocycles. The number of rotatable bonds is 3. The minimum Gasteiger partial charge on any atom is -0.497 e. The Hall–Kier alpha value is -3.41. The second-order valence-electron chi connectivity index (χ2n) is 6.07. The molecule has 0 unspecified atom stereocenters. The SMILES string of the molecule is COc1cccc(-c2c(-c3ccc4nccnc4c3)n(C)n(C)c2=O)c1. The molecule has 0 radical (unpaired) electrons. The van der Waals surface area contributed by atoms with E-state index in [1.54, 1.807) is 31.2 Å². The molecular formula is C20H18N4O2. The first-order valence-electron chi connectivity index (χ1n) is 8.21. The molecular weight excluding hydrogens is 328 g/mol. The van der Waals surface area contributed by atoms with E-state index in [0.717, 1.165) is 27.9 Å². The van der Waals surface area contributed by atoms with Crippen LogP contribution in [0.2, 0.25) is 0 Å². The highest BCUT2D eigenvalue weighted by Crippen LogP contribution is 2.32. The Labute approximate surface area is 150 Å². The molecule has 0 atom stereocenters. The van der Waals surface area contributed by atoms with E-state index >= 15 is 0 Å². The van der Waals surface area contributed by atoms with Crippen molar-refractivity contribution in [1.29, 1.82) is 0 Å². The highest BCUT2D eigenvalue weighted by atomic mass is 16.5. The van der Waals surface area contributed by atoms with Crippen LogP contribution < -0.4 is 10.3 Å². The van der Waals surface area contributed by atoms with E-state index in [1.807, 2.05) is 54.2 Å². The lowest BCUT2D eigenvalue weighted by Gasteiger charge is -2.09. The molecule has 6 heteroatoms. The van der Waals surface area contributed by atoms with Gasteiger partial charge in [-0.05, 0) is 29.8 Å². The van der Waals surface area contributed by atoms with Crippen LogP contribution >= 0.6 is 0 Å². The molecule has 0 saturated carbocycles. The summed E-state index contributed by atoms with van der Waals surface area (Å²) in [6.07, 6.45) is 3.33. The summed E-state index contributed by atoms with van der Waals surface area (Å²) in [7, 11) is 5.25. The predicted molar refractivity (Wildman–Crippen MR) is 101 cm³/mol. The second kappa shape index (κ2) is 6.15. The molecule has 6 nitrogen and oxygen atoms in total. The minimum atomic E-state index is -0.0602. The molecule has 2 aromatic heterocycles. The first kappa shape index (κ1) is 16.1. The second-order valence-corrected chi connectivity index (χ2v) is 6.07. The number of nitrogens with zero attached hydrogens (tertiary/aromatic N) is 4. The first-order valence-corrected chi connectivity index (χ1v) is 8.21. The van der Waals surface area contributed by atoms with Gasteiger partial charge in [0, 0.05) is 32.1 Å². The Morgan fingerprint density at radius 1 is 0.885 bits per heavy atom. The fraction of sp³-hybridized carbons (Fsp3) is 0.150. The third-order valence-corrected chi connectivity index (χ3v) is 4.62. The average molecular weight is 346 g/mol. The van der Waals surface area contributed by atoms with Crippen LogP contribution in [-0.4, -0.2) is 26.4 Å². The molecule has 2 aromatic carbocycles. The summed E-state index contributed by atoms with van der Waals surface area (Å²) in [6, 6.07) is 13.4. The third kappa shape index (κ3) is 2.47. The quantitative estimate of drug-likeness (QED) is 0.572. The van der Waals surface area contributed by atoms with E-state index in [1.165, 1.54) is 0 Å². The Kier molecular flexibility index (Phi) is 3.80. The highest BCUT2D eigenvalue weighted by Gasteiger charge is 2.20. The summed E-state index contributed by atoms with van der Waals surface area (Å²) in [4.78, 5) is 21.6. The summed E-state index contributed by atoms with van der Waals surface area (Å²) >= 11 is 0. The molecule has 0 spiro atoms. The van der Waals surface area contributed by atoms with E-state index in [2.05, 4.69) is 9.97 Å². The standard InChI is InChI=1S/C20H18N4O2/c1-23-19(14-7-8-16-17(12-14)22-10-9-21-16)18(20(25)24(23)2)13-5-4-6-15(11-13)26-3/h4-12H,1-3H3. The minimum absolute atomic E-state index is 0.0602. The van der Waals surface area contributed by atoms with Gasteiger partial charge in [-0.25, -0.2) is 0 Å². The zero-order chi connectivity index (χ0) is 18.3. The van der Waals surface area contributed by atoms with Crippen LogP contribution in [0.5, 0.6) is 5.75 Å². The van der Waals surface area contributed by atoms with Gasteiger partial charge in [0.25, 0.3) is 5.56 Å². The molecule has 26 heavy (non-hydrogen) atoms. The predicted octanol–water partition coefficient (Wildman–Crippen LogP) is 3.01. The largest absolute Gasteiger partial charge is 0.497 e. The maximum Gasteiger partial charge on any atom is 0.274 e. The van der Waals surface area contributed by atoms with Gasteiger partial charge >= 0.3 is 0 Å². The number of benzene rings is 2. The van der Waals surface area contributed by atoms with E-state index in [-0.39, 0.29) is 5.56 Å². The van der Waals surface area contributed by atoms with E-state index < -0.39 is 0 Å². The molecule has 0 aliphatic carbocycles. The summed E-state index contributed by atoms with van der Waals surface area (Å²) in [5, 5.41) is 0. The van der Waals surface area contributed by atoms with Crippen molar-refractivity contribution in [2.75, 3.05) is 7.11 Å². The number of hydrogen-bond acceptors (Lipinski definition) is 4. The molecule has 0 fully saturated rings. The van der Waals surface area contributed by atoms with Gasteiger partial charge in [0.1, 0.15) is 5.75 Å². The van der Waals surface area contributed by atoms with Crippen molar-refractivity contribution < 1.29 is 4.74 Å². The Balaban J connectivity index is 2.01. The van der Waals surface area contributed by atoms with Gasteiger partial charge in [0.05, 0.1) is 29.4 Å².